The summed E-state index contributed by atoms with van der Waals surface area (Å²) in [5.74, 6) is -0.894. The lowest BCUT2D eigenvalue weighted by atomic mass is 10.1. The highest BCUT2D eigenvalue weighted by Gasteiger charge is 2.31. The molecule has 0 unspecified atom stereocenters. The highest BCUT2D eigenvalue weighted by atomic mass is 35.5. The lowest BCUT2D eigenvalue weighted by molar-refractivity contribution is -0.149. The van der Waals surface area contributed by atoms with E-state index in [2.05, 4.69) is 4.72 Å². The van der Waals surface area contributed by atoms with E-state index >= 15 is 0 Å². The van der Waals surface area contributed by atoms with Crippen molar-refractivity contribution >= 4 is 39.2 Å². The first kappa shape index (κ1) is 21.7. The van der Waals surface area contributed by atoms with Crippen LogP contribution in [0.2, 0.25) is 10.0 Å². The van der Waals surface area contributed by atoms with E-state index in [-0.39, 0.29) is 21.5 Å². The summed E-state index contributed by atoms with van der Waals surface area (Å²) in [7, 11) is -4.13. The summed E-state index contributed by atoms with van der Waals surface area (Å²) in [4.78, 5) is 12.1. The summed E-state index contributed by atoms with van der Waals surface area (Å²) in [6.45, 7) is 3.17. The monoisotopic (exact) mass is 431 g/mol. The third kappa shape index (κ3) is 5.92. The molecule has 0 aromatic heterocycles. The minimum absolute atomic E-state index is 0.0448. The van der Waals surface area contributed by atoms with Crippen molar-refractivity contribution in [3.05, 3.63) is 63.6 Å². The summed E-state index contributed by atoms with van der Waals surface area (Å²) < 4.78 is 32.3. The van der Waals surface area contributed by atoms with Gasteiger partial charge in [-0.25, -0.2) is 8.42 Å². The van der Waals surface area contributed by atoms with Crippen LogP contribution in [0, 0.1) is 6.92 Å². The number of ether oxygens (including phenoxy) is 1. The van der Waals surface area contributed by atoms with Crippen LogP contribution in [0.15, 0.2) is 47.4 Å². The SMILES string of the molecule is Cc1ccc(COC(=O)[C@@H](NS(=O)(=O)c2ccc(Cl)c(Cl)c2)[C@H](C)O)cc1. The second-order valence-electron chi connectivity index (χ2n) is 6.01. The van der Waals surface area contributed by atoms with Crippen LogP contribution in [0.1, 0.15) is 18.1 Å². The maximum atomic E-state index is 12.5. The zero-order valence-corrected chi connectivity index (χ0v) is 17.0. The van der Waals surface area contributed by atoms with E-state index in [1.165, 1.54) is 19.1 Å². The number of aliphatic hydroxyl groups is 1. The molecule has 0 amide bonds. The van der Waals surface area contributed by atoms with E-state index in [0.29, 0.717) is 0 Å². The van der Waals surface area contributed by atoms with Gasteiger partial charge in [0.1, 0.15) is 12.6 Å². The van der Waals surface area contributed by atoms with Gasteiger partial charge < -0.3 is 9.84 Å². The largest absolute Gasteiger partial charge is 0.460 e. The quantitative estimate of drug-likeness (QED) is 0.656. The van der Waals surface area contributed by atoms with Gasteiger partial charge in [0.15, 0.2) is 0 Å². The van der Waals surface area contributed by atoms with E-state index in [0.717, 1.165) is 17.2 Å². The molecule has 0 saturated heterocycles. The van der Waals surface area contributed by atoms with Gasteiger partial charge in [-0.1, -0.05) is 53.0 Å². The molecule has 0 aliphatic carbocycles. The number of hydrogen-bond acceptors (Lipinski definition) is 5. The van der Waals surface area contributed by atoms with Gasteiger partial charge >= 0.3 is 5.97 Å². The normalized spacial score (nSPS) is 13.8. The van der Waals surface area contributed by atoms with Crippen molar-refractivity contribution in [2.45, 2.75) is 37.5 Å². The topological polar surface area (TPSA) is 92.7 Å². The smallest absolute Gasteiger partial charge is 0.327 e. The van der Waals surface area contributed by atoms with Crippen LogP contribution in [0.4, 0.5) is 0 Å². The number of esters is 1. The van der Waals surface area contributed by atoms with Crippen molar-refractivity contribution in [3.8, 4) is 0 Å². The van der Waals surface area contributed by atoms with E-state index in [4.69, 9.17) is 27.9 Å². The summed E-state index contributed by atoms with van der Waals surface area (Å²) in [6.07, 6.45) is -1.31. The summed E-state index contributed by atoms with van der Waals surface area (Å²) in [5.41, 5.74) is 1.80. The Morgan fingerprint density at radius 1 is 1.15 bits per heavy atom. The Hall–Kier alpha value is -1.64. The number of sulfonamides is 1. The molecule has 0 saturated carbocycles. The van der Waals surface area contributed by atoms with Gasteiger partial charge in [0.05, 0.1) is 21.0 Å². The number of carbonyl (C=O) groups is 1. The average molecular weight is 432 g/mol. The van der Waals surface area contributed by atoms with Crippen molar-refractivity contribution in [2.75, 3.05) is 0 Å². The van der Waals surface area contributed by atoms with Gasteiger partial charge in [-0.2, -0.15) is 4.72 Å². The predicted molar refractivity (Wildman–Crippen MR) is 103 cm³/mol. The number of nitrogens with one attached hydrogen (secondary N) is 1. The highest BCUT2D eigenvalue weighted by molar-refractivity contribution is 7.89. The van der Waals surface area contributed by atoms with Gasteiger partial charge in [-0.15, -0.1) is 0 Å². The summed E-state index contributed by atoms with van der Waals surface area (Å²) in [5, 5.41) is 10.1. The van der Waals surface area contributed by atoms with E-state index in [9.17, 15) is 18.3 Å². The Bertz CT molecular complexity index is 914. The molecule has 0 radical (unpaired) electrons. The number of aryl methyl sites for hydroxylation is 1. The van der Waals surface area contributed by atoms with Crippen molar-refractivity contribution < 1.29 is 23.1 Å². The van der Waals surface area contributed by atoms with E-state index in [1.54, 1.807) is 12.1 Å². The molecule has 0 fully saturated rings. The van der Waals surface area contributed by atoms with Crippen LogP contribution in [-0.4, -0.2) is 31.6 Å². The number of aliphatic hydroxyl groups excluding tert-OH is 1. The van der Waals surface area contributed by atoms with E-state index < -0.39 is 28.1 Å². The number of halogens is 2. The maximum Gasteiger partial charge on any atom is 0.327 e. The molecular weight excluding hydrogens is 413 g/mol. The fourth-order valence-electron chi connectivity index (χ4n) is 2.15. The molecule has 2 N–H and O–H groups in total. The molecule has 6 nitrogen and oxygen atoms in total. The van der Waals surface area contributed by atoms with Gasteiger partial charge in [0.2, 0.25) is 10.0 Å². The standard InChI is InChI=1S/C18H19Cl2NO5S/c1-11-3-5-13(6-4-11)10-26-18(23)17(12(2)22)21-27(24,25)14-7-8-15(19)16(20)9-14/h3-9,12,17,21-22H,10H2,1-2H3/t12-,17-/m0/s1. The van der Waals surface area contributed by atoms with Crippen molar-refractivity contribution in [2.24, 2.45) is 0 Å². The molecule has 2 aromatic rings. The molecule has 0 spiro atoms. The lowest BCUT2D eigenvalue weighted by Gasteiger charge is -2.20. The summed E-state index contributed by atoms with van der Waals surface area (Å²) in [6, 6.07) is 9.56. The van der Waals surface area contributed by atoms with Crippen LogP contribution in [0.3, 0.4) is 0 Å². The fourth-order valence-corrected chi connectivity index (χ4v) is 3.80. The molecule has 2 atom stereocenters. The Kier molecular flexibility index (Phi) is 7.25. The van der Waals surface area contributed by atoms with Gasteiger partial charge in [0.25, 0.3) is 0 Å². The second-order valence-corrected chi connectivity index (χ2v) is 8.54. The Morgan fingerprint density at radius 2 is 1.78 bits per heavy atom. The minimum atomic E-state index is -4.13. The van der Waals surface area contributed by atoms with E-state index in [1.807, 2.05) is 19.1 Å². The molecule has 2 rings (SSSR count). The van der Waals surface area contributed by atoms with Gasteiger partial charge in [-0.05, 0) is 37.6 Å². The van der Waals surface area contributed by atoms with Crippen molar-refractivity contribution in [3.63, 3.8) is 0 Å². The van der Waals surface area contributed by atoms with Crippen LogP contribution in [-0.2, 0) is 26.2 Å². The molecule has 27 heavy (non-hydrogen) atoms. The first-order valence-electron chi connectivity index (χ1n) is 7.98. The van der Waals surface area contributed by atoms with Crippen molar-refractivity contribution in [1.29, 1.82) is 0 Å². The Labute approximate surface area is 168 Å². The Balaban J connectivity index is 2.12. The lowest BCUT2D eigenvalue weighted by Crippen LogP contribution is -2.48. The average Bonchev–Trinajstić information content (AvgIpc) is 2.61. The van der Waals surface area contributed by atoms with Crippen LogP contribution in [0.5, 0.6) is 0 Å². The second kappa shape index (κ2) is 9.03. The molecule has 0 aliphatic rings. The number of carbonyl (C=O) groups excluding carboxylic acids is 1. The third-order valence-corrected chi connectivity index (χ3v) is 5.90. The first-order chi connectivity index (χ1) is 12.6. The third-order valence-electron chi connectivity index (χ3n) is 3.72. The molecule has 9 heteroatoms. The minimum Gasteiger partial charge on any atom is -0.460 e. The molecule has 0 heterocycles. The van der Waals surface area contributed by atoms with Gasteiger partial charge in [-0.3, -0.25) is 4.79 Å². The van der Waals surface area contributed by atoms with Crippen LogP contribution in [0.25, 0.3) is 0 Å². The molecule has 146 valence electrons. The molecule has 0 bridgehead atoms. The number of rotatable bonds is 7. The first-order valence-corrected chi connectivity index (χ1v) is 10.2. The zero-order chi connectivity index (χ0) is 20.2. The van der Waals surface area contributed by atoms with Crippen LogP contribution >= 0.6 is 23.2 Å². The zero-order valence-electron chi connectivity index (χ0n) is 14.6. The fraction of sp³-hybridized carbons (Fsp3) is 0.278. The molecule has 2 aromatic carbocycles. The molecular formula is C18H19Cl2NO5S. The van der Waals surface area contributed by atoms with Crippen LogP contribution < -0.4 is 4.72 Å². The van der Waals surface area contributed by atoms with Crippen molar-refractivity contribution in [1.82, 2.24) is 4.72 Å². The molecule has 0 aliphatic heterocycles. The Morgan fingerprint density at radius 3 is 2.33 bits per heavy atom. The maximum absolute atomic E-state index is 12.5. The predicted octanol–water partition coefficient (Wildman–Crippen LogP) is 3.07. The highest BCUT2D eigenvalue weighted by Crippen LogP contribution is 2.25. The number of benzene rings is 2. The van der Waals surface area contributed by atoms with Gasteiger partial charge in [0, 0.05) is 0 Å². The summed E-state index contributed by atoms with van der Waals surface area (Å²) >= 11 is 11.6. The number of hydrogen-bond donors (Lipinski definition) is 2.